The minimum absolute atomic E-state index is 0.0224. The Balaban J connectivity index is 1.98. The molecule has 0 heterocycles. The van der Waals surface area contributed by atoms with Crippen molar-refractivity contribution in [3.8, 4) is 0 Å². The van der Waals surface area contributed by atoms with Gasteiger partial charge in [0.15, 0.2) is 0 Å². The van der Waals surface area contributed by atoms with Gasteiger partial charge in [0, 0.05) is 5.16 Å². The highest BCUT2D eigenvalue weighted by Gasteiger charge is 2.44. The summed E-state index contributed by atoms with van der Waals surface area (Å²) in [5.74, 6) is 0. The Hall–Kier alpha value is -1.12. The Bertz CT molecular complexity index is 665. The molecule has 0 spiro atoms. The molecule has 1 fully saturated rings. The maximum Gasteiger partial charge on any atom is 0.0901 e. The second kappa shape index (κ2) is 7.24. The molecule has 3 rings (SSSR count). The molecule has 0 bridgehead atoms. The molecule has 1 aromatic rings. The van der Waals surface area contributed by atoms with E-state index in [0.717, 1.165) is 0 Å². The first kappa shape index (κ1) is 18.7. The predicted octanol–water partition coefficient (Wildman–Crippen LogP) is 5.03. The van der Waals surface area contributed by atoms with Crippen molar-refractivity contribution in [1.29, 1.82) is 0 Å². The van der Waals surface area contributed by atoms with Crippen LogP contribution >= 0.6 is 0 Å². The third-order valence-corrected chi connectivity index (χ3v) is 10.8. The van der Waals surface area contributed by atoms with Gasteiger partial charge in [-0.3, -0.25) is 0 Å². The Morgan fingerprint density at radius 2 is 1.52 bits per heavy atom. The smallest absolute Gasteiger partial charge is 0.0901 e. The first-order chi connectivity index (χ1) is 11.9. The minimum Gasteiger partial charge on any atom is -0.302 e. The van der Waals surface area contributed by atoms with E-state index in [-0.39, 0.29) is 5.54 Å². The van der Waals surface area contributed by atoms with Crippen molar-refractivity contribution < 1.29 is 0 Å². The summed E-state index contributed by atoms with van der Waals surface area (Å²) >= 11 is 0. The molecule has 0 aliphatic heterocycles. The summed E-state index contributed by atoms with van der Waals surface area (Å²) in [6.07, 6.45) is 10.7. The predicted molar refractivity (Wildman–Crippen MR) is 113 cm³/mol. The molecule has 2 aliphatic carbocycles. The molecule has 1 aromatic carbocycles. The summed E-state index contributed by atoms with van der Waals surface area (Å²) in [5.41, 5.74) is 4.47. The van der Waals surface area contributed by atoms with Crippen molar-refractivity contribution in [3.05, 3.63) is 53.1 Å². The van der Waals surface area contributed by atoms with Crippen molar-refractivity contribution in [2.75, 3.05) is 0 Å². The molecule has 1 N–H and O–H groups in total. The topological polar surface area (TPSA) is 12.0 Å². The molecule has 0 saturated heterocycles. The van der Waals surface area contributed by atoms with E-state index in [2.05, 4.69) is 76.0 Å². The maximum atomic E-state index is 4.28. The van der Waals surface area contributed by atoms with Crippen LogP contribution in [0.25, 0.3) is 0 Å². The Morgan fingerprint density at radius 1 is 0.920 bits per heavy atom. The molecule has 1 saturated carbocycles. The van der Waals surface area contributed by atoms with E-state index in [1.54, 1.807) is 5.19 Å². The highest BCUT2D eigenvalue weighted by atomic mass is 28.3. The Kier molecular flexibility index (Phi) is 5.41. The minimum atomic E-state index is -1.14. The van der Waals surface area contributed by atoms with E-state index in [1.807, 2.05) is 0 Å². The monoisotopic (exact) mass is 353 g/mol. The van der Waals surface area contributed by atoms with E-state index in [4.69, 9.17) is 0 Å². The van der Waals surface area contributed by atoms with Crippen LogP contribution < -0.4 is 10.5 Å². The lowest BCUT2D eigenvalue weighted by Crippen LogP contribution is -2.66. The maximum absolute atomic E-state index is 4.28. The zero-order valence-corrected chi connectivity index (χ0v) is 17.9. The summed E-state index contributed by atoms with van der Waals surface area (Å²) < 4.78 is 0. The fourth-order valence-corrected chi connectivity index (χ4v) is 8.30. The lowest BCUT2D eigenvalue weighted by Gasteiger charge is -2.46. The third kappa shape index (κ3) is 3.57. The number of benzene rings is 1. The van der Waals surface area contributed by atoms with Gasteiger partial charge >= 0.3 is 0 Å². The van der Waals surface area contributed by atoms with Crippen LogP contribution in [0.1, 0.15) is 66.2 Å². The van der Waals surface area contributed by atoms with Gasteiger partial charge in [-0.2, -0.15) is 0 Å². The number of allylic oxidation sites excluding steroid dienone is 2. The van der Waals surface area contributed by atoms with E-state index in [9.17, 15) is 0 Å². The van der Waals surface area contributed by atoms with Crippen molar-refractivity contribution in [2.24, 2.45) is 0 Å². The van der Waals surface area contributed by atoms with Crippen LogP contribution in [0, 0.1) is 0 Å². The number of hydrogen-bond donors (Lipinski definition) is 1. The summed E-state index contributed by atoms with van der Waals surface area (Å²) in [5, 5.41) is 6.21. The van der Waals surface area contributed by atoms with E-state index >= 15 is 0 Å². The Labute approximate surface area is 156 Å². The van der Waals surface area contributed by atoms with Crippen molar-refractivity contribution in [2.45, 2.75) is 83.5 Å². The largest absolute Gasteiger partial charge is 0.302 e. The van der Waals surface area contributed by atoms with Gasteiger partial charge in [0.1, 0.15) is 0 Å². The molecule has 0 amide bonds. The van der Waals surface area contributed by atoms with Gasteiger partial charge in [0.25, 0.3) is 0 Å². The SMILES string of the molecule is CC1=CC(C)(NC2([SiH](C)c3ccccc3)CCCCCC2)C(C)=C1C. The summed E-state index contributed by atoms with van der Waals surface area (Å²) in [6, 6.07) is 11.3. The first-order valence-corrected chi connectivity index (χ1v) is 12.4. The third-order valence-electron chi connectivity index (χ3n) is 7.07. The van der Waals surface area contributed by atoms with Crippen LogP contribution in [0.5, 0.6) is 0 Å². The number of hydrogen-bond acceptors (Lipinski definition) is 1. The molecule has 2 heteroatoms. The van der Waals surface area contributed by atoms with Gasteiger partial charge in [0.05, 0.1) is 14.3 Å². The second-order valence-electron chi connectivity index (χ2n) is 8.61. The molecule has 2 atom stereocenters. The van der Waals surface area contributed by atoms with Crippen LogP contribution in [-0.2, 0) is 0 Å². The number of rotatable bonds is 4. The second-order valence-corrected chi connectivity index (χ2v) is 11.8. The quantitative estimate of drug-likeness (QED) is 0.591. The molecular weight excluding hydrogens is 318 g/mol. The van der Waals surface area contributed by atoms with Crippen LogP contribution in [0.4, 0.5) is 0 Å². The summed E-state index contributed by atoms with van der Waals surface area (Å²) in [4.78, 5) is 0. The van der Waals surface area contributed by atoms with Crippen molar-refractivity contribution in [3.63, 3.8) is 0 Å². The van der Waals surface area contributed by atoms with Gasteiger partial charge < -0.3 is 5.32 Å². The van der Waals surface area contributed by atoms with Crippen LogP contribution in [0.2, 0.25) is 6.55 Å². The Morgan fingerprint density at radius 3 is 2.04 bits per heavy atom. The van der Waals surface area contributed by atoms with Crippen molar-refractivity contribution in [1.82, 2.24) is 5.32 Å². The van der Waals surface area contributed by atoms with Gasteiger partial charge in [-0.15, -0.1) is 0 Å². The first-order valence-electron chi connectivity index (χ1n) is 10.1. The normalized spacial score (nSPS) is 27.8. The van der Waals surface area contributed by atoms with Gasteiger partial charge in [-0.25, -0.2) is 0 Å². The summed E-state index contributed by atoms with van der Waals surface area (Å²) in [6.45, 7) is 11.9. The molecule has 2 aliphatic rings. The van der Waals surface area contributed by atoms with Crippen LogP contribution in [-0.4, -0.2) is 19.5 Å². The fraction of sp³-hybridized carbons (Fsp3) is 0.565. The molecular formula is C23H35NSi. The summed E-state index contributed by atoms with van der Waals surface area (Å²) in [7, 11) is -1.14. The van der Waals surface area contributed by atoms with Gasteiger partial charge in [-0.05, 0) is 51.7 Å². The molecule has 2 unspecified atom stereocenters. The molecule has 1 nitrogen and oxygen atoms in total. The average Bonchev–Trinajstić information content (AvgIpc) is 2.80. The van der Waals surface area contributed by atoms with Crippen molar-refractivity contribution >= 4 is 14.0 Å². The van der Waals surface area contributed by atoms with Gasteiger partial charge in [0.2, 0.25) is 0 Å². The van der Waals surface area contributed by atoms with E-state index < -0.39 is 8.80 Å². The fourth-order valence-electron chi connectivity index (χ4n) is 5.07. The van der Waals surface area contributed by atoms with Crippen LogP contribution in [0.15, 0.2) is 53.1 Å². The molecule has 136 valence electrons. The lowest BCUT2D eigenvalue weighted by molar-refractivity contribution is 0.329. The molecule has 25 heavy (non-hydrogen) atoms. The van der Waals surface area contributed by atoms with E-state index in [1.165, 1.54) is 55.2 Å². The van der Waals surface area contributed by atoms with Crippen LogP contribution in [0.3, 0.4) is 0 Å². The standard InChI is InChI=1S/C23H35NSi/c1-18-17-22(4,20(3)19(18)2)24-23(15-11-6-7-12-16-23)25(5)21-13-9-8-10-14-21/h8-10,13-14,17,24-25H,6-7,11-12,15-16H2,1-5H3. The highest BCUT2D eigenvalue weighted by Crippen LogP contribution is 2.38. The zero-order valence-electron chi connectivity index (χ0n) is 16.8. The molecule has 0 radical (unpaired) electrons. The highest BCUT2D eigenvalue weighted by molar-refractivity contribution is 6.75. The lowest BCUT2D eigenvalue weighted by atomic mass is 9.92. The zero-order chi connectivity index (χ0) is 18.1. The van der Waals surface area contributed by atoms with E-state index in [0.29, 0.717) is 5.16 Å². The molecule has 0 aromatic heterocycles. The van der Waals surface area contributed by atoms with Gasteiger partial charge in [-0.1, -0.05) is 79.4 Å². The average molecular weight is 354 g/mol. The number of nitrogens with one attached hydrogen (secondary N) is 1.